The first-order valence-corrected chi connectivity index (χ1v) is 6.28. The number of aromatic amines is 1. The molecule has 2 atom stereocenters. The molecule has 2 unspecified atom stereocenters. The summed E-state index contributed by atoms with van der Waals surface area (Å²) in [7, 11) is 0. The maximum atomic E-state index is 5.53. The number of nitrogens with one attached hydrogen (secondary N) is 1. The van der Waals surface area contributed by atoms with E-state index in [1.54, 1.807) is 11.3 Å². The molecule has 1 fully saturated rings. The summed E-state index contributed by atoms with van der Waals surface area (Å²) in [4.78, 5) is 5.64. The van der Waals surface area contributed by atoms with Crippen LogP contribution in [-0.2, 0) is 4.74 Å². The Morgan fingerprint density at radius 2 is 2.50 bits per heavy atom. The molecule has 1 saturated heterocycles. The Hall–Kier alpha value is -1.20. The van der Waals surface area contributed by atoms with Gasteiger partial charge in [0.05, 0.1) is 17.6 Å². The quantitative estimate of drug-likeness (QED) is 0.869. The van der Waals surface area contributed by atoms with E-state index in [0.717, 1.165) is 29.6 Å². The van der Waals surface area contributed by atoms with Crippen molar-refractivity contribution in [2.75, 3.05) is 6.61 Å². The number of rotatable bonds is 2. The third-order valence-corrected chi connectivity index (χ3v) is 3.70. The first-order valence-electron chi connectivity index (χ1n) is 5.40. The van der Waals surface area contributed by atoms with Crippen LogP contribution in [0, 0.1) is 0 Å². The van der Waals surface area contributed by atoms with Crippen LogP contribution in [0.25, 0.3) is 10.7 Å². The fourth-order valence-electron chi connectivity index (χ4n) is 1.98. The van der Waals surface area contributed by atoms with Crippen LogP contribution in [0.4, 0.5) is 0 Å². The minimum atomic E-state index is 0.334. The summed E-state index contributed by atoms with van der Waals surface area (Å²) >= 11 is 1.66. The maximum absolute atomic E-state index is 5.53. The smallest absolute Gasteiger partial charge is 0.191 e. The first-order chi connectivity index (χ1) is 7.83. The Kier molecular flexibility index (Phi) is 2.49. The van der Waals surface area contributed by atoms with E-state index in [4.69, 9.17) is 4.74 Å². The molecule has 4 nitrogen and oxygen atoms in total. The molecule has 1 aliphatic heterocycles. The Morgan fingerprint density at radius 3 is 3.19 bits per heavy atom. The Bertz CT molecular complexity index is 465. The van der Waals surface area contributed by atoms with E-state index in [2.05, 4.69) is 22.1 Å². The molecule has 0 aliphatic carbocycles. The summed E-state index contributed by atoms with van der Waals surface area (Å²) in [5.41, 5.74) is 0. The lowest BCUT2D eigenvalue weighted by Crippen LogP contribution is -2.00. The van der Waals surface area contributed by atoms with Gasteiger partial charge in [0.2, 0.25) is 0 Å². The van der Waals surface area contributed by atoms with Crippen LogP contribution in [0.2, 0.25) is 0 Å². The van der Waals surface area contributed by atoms with Gasteiger partial charge in [0.1, 0.15) is 5.82 Å². The van der Waals surface area contributed by atoms with Crippen molar-refractivity contribution in [2.24, 2.45) is 0 Å². The molecule has 1 aliphatic rings. The van der Waals surface area contributed by atoms with Gasteiger partial charge in [-0.1, -0.05) is 6.07 Å². The summed E-state index contributed by atoms with van der Waals surface area (Å²) in [5, 5.41) is 9.30. The van der Waals surface area contributed by atoms with Gasteiger partial charge in [-0.2, -0.15) is 5.10 Å². The lowest BCUT2D eigenvalue weighted by Gasteiger charge is -2.00. The molecule has 3 rings (SSSR count). The fraction of sp³-hybridized carbons (Fsp3) is 0.455. The van der Waals surface area contributed by atoms with Crippen molar-refractivity contribution >= 4 is 11.3 Å². The zero-order chi connectivity index (χ0) is 11.0. The first kappa shape index (κ1) is 9.99. The standard InChI is InChI=1S/C11H13N3OS/c1-7-5-8(6-15-7)10-12-11(14-13-10)9-3-2-4-16-9/h2-4,7-8H,5-6H2,1H3,(H,12,13,14). The second kappa shape index (κ2) is 3.99. The molecular weight excluding hydrogens is 222 g/mol. The van der Waals surface area contributed by atoms with E-state index in [0.29, 0.717) is 12.0 Å². The van der Waals surface area contributed by atoms with Gasteiger partial charge in [0.15, 0.2) is 5.82 Å². The van der Waals surface area contributed by atoms with E-state index in [1.165, 1.54) is 0 Å². The summed E-state index contributed by atoms with van der Waals surface area (Å²) in [5.74, 6) is 2.12. The van der Waals surface area contributed by atoms with Crippen LogP contribution in [0.5, 0.6) is 0 Å². The lowest BCUT2D eigenvalue weighted by molar-refractivity contribution is 0.123. The van der Waals surface area contributed by atoms with E-state index >= 15 is 0 Å². The number of thiophene rings is 1. The molecule has 1 N–H and O–H groups in total. The van der Waals surface area contributed by atoms with Gasteiger partial charge in [-0.25, -0.2) is 4.98 Å². The predicted molar refractivity (Wildman–Crippen MR) is 62.5 cm³/mol. The van der Waals surface area contributed by atoms with Crippen LogP contribution in [0.3, 0.4) is 0 Å². The van der Waals surface area contributed by atoms with Crippen molar-refractivity contribution in [1.29, 1.82) is 0 Å². The van der Waals surface area contributed by atoms with Gasteiger partial charge >= 0.3 is 0 Å². The highest BCUT2D eigenvalue weighted by atomic mass is 32.1. The number of ether oxygens (including phenoxy) is 1. The molecule has 0 bridgehead atoms. The monoisotopic (exact) mass is 235 g/mol. The molecule has 0 spiro atoms. The topological polar surface area (TPSA) is 50.8 Å². The number of aromatic nitrogens is 3. The zero-order valence-corrected chi connectivity index (χ0v) is 9.83. The van der Waals surface area contributed by atoms with E-state index in [1.807, 2.05) is 17.5 Å². The highest BCUT2D eigenvalue weighted by Gasteiger charge is 2.26. The highest BCUT2D eigenvalue weighted by molar-refractivity contribution is 7.13. The van der Waals surface area contributed by atoms with Crippen molar-refractivity contribution in [1.82, 2.24) is 15.2 Å². The second-order valence-corrected chi connectivity index (χ2v) is 5.05. The third kappa shape index (κ3) is 1.76. The van der Waals surface area contributed by atoms with Gasteiger partial charge in [-0.05, 0) is 24.8 Å². The van der Waals surface area contributed by atoms with Gasteiger partial charge in [0, 0.05) is 5.92 Å². The number of H-pyrrole nitrogens is 1. The maximum Gasteiger partial charge on any atom is 0.191 e. The lowest BCUT2D eigenvalue weighted by atomic mass is 10.1. The fourth-order valence-corrected chi connectivity index (χ4v) is 2.64. The summed E-state index contributed by atoms with van der Waals surface area (Å²) in [6.45, 7) is 2.84. The number of nitrogens with zero attached hydrogens (tertiary/aromatic N) is 2. The number of hydrogen-bond acceptors (Lipinski definition) is 4. The normalized spacial score (nSPS) is 25.1. The van der Waals surface area contributed by atoms with Gasteiger partial charge in [-0.3, -0.25) is 5.10 Å². The molecular formula is C11H13N3OS. The molecule has 2 aromatic heterocycles. The molecule has 0 aromatic carbocycles. The summed E-state index contributed by atoms with van der Waals surface area (Å²) in [6, 6.07) is 4.04. The minimum Gasteiger partial charge on any atom is -0.378 e. The highest BCUT2D eigenvalue weighted by Crippen LogP contribution is 2.28. The largest absolute Gasteiger partial charge is 0.378 e. The Labute approximate surface area is 97.7 Å². The van der Waals surface area contributed by atoms with Crippen LogP contribution >= 0.6 is 11.3 Å². The summed E-state index contributed by atoms with van der Waals surface area (Å²) in [6.07, 6.45) is 1.36. The van der Waals surface area contributed by atoms with Crippen molar-refractivity contribution in [3.63, 3.8) is 0 Å². The predicted octanol–water partition coefficient (Wildman–Crippen LogP) is 2.43. The number of hydrogen-bond donors (Lipinski definition) is 1. The molecule has 2 aromatic rings. The Balaban J connectivity index is 1.83. The molecule has 0 radical (unpaired) electrons. The van der Waals surface area contributed by atoms with Gasteiger partial charge in [0.25, 0.3) is 0 Å². The SMILES string of the molecule is CC1CC(c2nc(-c3cccs3)n[nH]2)CO1. The average Bonchev–Trinajstić information content (AvgIpc) is 2.97. The van der Waals surface area contributed by atoms with Crippen LogP contribution in [-0.4, -0.2) is 27.9 Å². The van der Waals surface area contributed by atoms with Crippen molar-refractivity contribution in [2.45, 2.75) is 25.4 Å². The average molecular weight is 235 g/mol. The molecule has 0 saturated carbocycles. The van der Waals surface area contributed by atoms with E-state index in [9.17, 15) is 0 Å². The second-order valence-electron chi connectivity index (χ2n) is 4.10. The Morgan fingerprint density at radius 1 is 1.56 bits per heavy atom. The molecule has 3 heterocycles. The van der Waals surface area contributed by atoms with Crippen LogP contribution < -0.4 is 0 Å². The van der Waals surface area contributed by atoms with Crippen molar-refractivity contribution in [3.05, 3.63) is 23.3 Å². The summed E-state index contributed by atoms with van der Waals surface area (Å²) < 4.78 is 5.53. The third-order valence-electron chi connectivity index (χ3n) is 2.83. The van der Waals surface area contributed by atoms with E-state index < -0.39 is 0 Å². The van der Waals surface area contributed by atoms with Crippen LogP contribution in [0.1, 0.15) is 25.1 Å². The molecule has 84 valence electrons. The molecule has 16 heavy (non-hydrogen) atoms. The van der Waals surface area contributed by atoms with Crippen molar-refractivity contribution in [3.8, 4) is 10.7 Å². The van der Waals surface area contributed by atoms with Gasteiger partial charge in [-0.15, -0.1) is 11.3 Å². The van der Waals surface area contributed by atoms with E-state index in [-0.39, 0.29) is 0 Å². The van der Waals surface area contributed by atoms with Gasteiger partial charge < -0.3 is 4.74 Å². The molecule has 5 heteroatoms. The minimum absolute atomic E-state index is 0.334. The zero-order valence-electron chi connectivity index (χ0n) is 9.01. The van der Waals surface area contributed by atoms with Crippen LogP contribution in [0.15, 0.2) is 17.5 Å². The van der Waals surface area contributed by atoms with Crippen molar-refractivity contribution < 1.29 is 4.74 Å². The molecule has 0 amide bonds.